The average molecular weight is 388 g/mol. The Labute approximate surface area is 141 Å². The molecule has 0 unspecified atom stereocenters. The number of hydrogen-bond acceptors (Lipinski definition) is 2. The Hall–Kier alpha value is -1.23. The summed E-state index contributed by atoms with van der Waals surface area (Å²) in [6.45, 7) is 2.10. The molecule has 0 aliphatic rings. The summed E-state index contributed by atoms with van der Waals surface area (Å²) in [5, 5.41) is 6.56. The average Bonchev–Trinajstić information content (AvgIpc) is 2.46. The molecule has 2 rings (SSSR count). The first-order valence-electron chi connectivity index (χ1n) is 6.21. The van der Waals surface area contributed by atoms with Gasteiger partial charge in [-0.1, -0.05) is 40.9 Å². The molecule has 0 radical (unpaired) electrons. The molecule has 0 bridgehead atoms. The second kappa shape index (κ2) is 7.16. The summed E-state index contributed by atoms with van der Waals surface area (Å²) in [6, 6.07) is 11.1. The van der Waals surface area contributed by atoms with E-state index in [9.17, 15) is 4.79 Å². The van der Waals surface area contributed by atoms with Gasteiger partial charge in [0.2, 0.25) is 5.91 Å². The van der Waals surface area contributed by atoms with Gasteiger partial charge in [-0.05, 0) is 47.1 Å². The van der Waals surface area contributed by atoms with Crippen LogP contribution in [0.3, 0.4) is 0 Å². The van der Waals surface area contributed by atoms with Gasteiger partial charge in [-0.15, -0.1) is 0 Å². The monoisotopic (exact) mass is 386 g/mol. The first-order valence-corrected chi connectivity index (χ1v) is 7.76. The zero-order valence-electron chi connectivity index (χ0n) is 11.2. The lowest BCUT2D eigenvalue weighted by Crippen LogP contribution is -2.21. The molecule has 2 aromatic carbocycles. The lowest BCUT2D eigenvalue weighted by Gasteiger charge is -2.11. The van der Waals surface area contributed by atoms with Gasteiger partial charge in [0.1, 0.15) is 0 Å². The maximum atomic E-state index is 11.9. The SMILES string of the molecule is Cc1ccc(NC(=O)CNc2ccc(Br)c(Cl)c2Cl)cc1. The van der Waals surface area contributed by atoms with E-state index in [0.29, 0.717) is 20.2 Å². The van der Waals surface area contributed by atoms with Crippen LogP contribution in [0.2, 0.25) is 10.0 Å². The van der Waals surface area contributed by atoms with Gasteiger partial charge < -0.3 is 10.6 Å². The molecule has 0 aliphatic heterocycles. The van der Waals surface area contributed by atoms with Gasteiger partial charge in [0.05, 0.1) is 22.3 Å². The Morgan fingerprint density at radius 3 is 2.43 bits per heavy atom. The van der Waals surface area contributed by atoms with Crippen molar-refractivity contribution >= 4 is 56.4 Å². The number of carbonyl (C=O) groups is 1. The summed E-state index contributed by atoms with van der Waals surface area (Å²) < 4.78 is 0.712. The molecule has 0 heterocycles. The molecular formula is C15H13BrCl2N2O. The molecule has 0 saturated carbocycles. The van der Waals surface area contributed by atoms with Gasteiger partial charge in [0.15, 0.2) is 0 Å². The van der Waals surface area contributed by atoms with Crippen molar-refractivity contribution in [2.75, 3.05) is 17.2 Å². The molecule has 0 saturated heterocycles. The molecule has 0 atom stereocenters. The largest absolute Gasteiger partial charge is 0.375 e. The standard InChI is InChI=1S/C15H13BrCl2N2O/c1-9-2-4-10(5-3-9)20-13(21)8-19-12-7-6-11(16)14(17)15(12)18/h2-7,19H,8H2,1H3,(H,20,21). The normalized spacial score (nSPS) is 10.3. The van der Waals surface area contributed by atoms with Crippen molar-refractivity contribution in [1.82, 2.24) is 0 Å². The summed E-state index contributed by atoms with van der Waals surface area (Å²) in [4.78, 5) is 11.9. The fourth-order valence-electron chi connectivity index (χ4n) is 1.68. The quantitative estimate of drug-likeness (QED) is 0.715. The van der Waals surface area contributed by atoms with Crippen molar-refractivity contribution in [2.24, 2.45) is 0 Å². The lowest BCUT2D eigenvalue weighted by atomic mass is 10.2. The van der Waals surface area contributed by atoms with Crippen molar-refractivity contribution in [3.63, 3.8) is 0 Å². The van der Waals surface area contributed by atoms with Crippen molar-refractivity contribution in [2.45, 2.75) is 6.92 Å². The number of benzene rings is 2. The van der Waals surface area contributed by atoms with E-state index in [-0.39, 0.29) is 12.5 Å². The Morgan fingerprint density at radius 1 is 1.10 bits per heavy atom. The molecule has 0 aromatic heterocycles. The Balaban J connectivity index is 1.95. The van der Waals surface area contributed by atoms with Crippen molar-refractivity contribution in [1.29, 1.82) is 0 Å². The molecule has 2 aromatic rings. The lowest BCUT2D eigenvalue weighted by molar-refractivity contribution is -0.114. The van der Waals surface area contributed by atoms with E-state index in [1.54, 1.807) is 12.1 Å². The fourth-order valence-corrected chi connectivity index (χ4v) is 2.52. The molecular weight excluding hydrogens is 375 g/mol. The molecule has 0 fully saturated rings. The van der Waals surface area contributed by atoms with E-state index in [4.69, 9.17) is 23.2 Å². The summed E-state index contributed by atoms with van der Waals surface area (Å²) >= 11 is 15.4. The summed E-state index contributed by atoms with van der Waals surface area (Å²) in [5.41, 5.74) is 2.51. The maximum absolute atomic E-state index is 11.9. The van der Waals surface area contributed by atoms with Crippen LogP contribution >= 0.6 is 39.1 Å². The zero-order valence-corrected chi connectivity index (χ0v) is 14.3. The molecule has 0 aliphatic carbocycles. The van der Waals surface area contributed by atoms with E-state index >= 15 is 0 Å². The number of rotatable bonds is 4. The molecule has 2 N–H and O–H groups in total. The number of amides is 1. The van der Waals surface area contributed by atoms with Crippen molar-refractivity contribution < 1.29 is 4.79 Å². The van der Waals surface area contributed by atoms with Crippen LogP contribution in [0.25, 0.3) is 0 Å². The van der Waals surface area contributed by atoms with E-state index in [0.717, 1.165) is 11.3 Å². The van der Waals surface area contributed by atoms with Gasteiger partial charge in [-0.25, -0.2) is 0 Å². The van der Waals surface area contributed by atoms with Crippen molar-refractivity contribution in [3.8, 4) is 0 Å². The summed E-state index contributed by atoms with van der Waals surface area (Å²) in [6.07, 6.45) is 0. The van der Waals surface area contributed by atoms with Gasteiger partial charge in [-0.2, -0.15) is 0 Å². The van der Waals surface area contributed by atoms with Gasteiger partial charge in [0, 0.05) is 10.2 Å². The van der Waals surface area contributed by atoms with E-state index in [2.05, 4.69) is 26.6 Å². The first-order chi connectivity index (χ1) is 9.97. The Bertz CT molecular complexity index is 659. The number of aryl methyl sites for hydroxylation is 1. The van der Waals surface area contributed by atoms with E-state index in [1.165, 1.54) is 0 Å². The van der Waals surface area contributed by atoms with E-state index < -0.39 is 0 Å². The third-order valence-electron chi connectivity index (χ3n) is 2.81. The Kier molecular flexibility index (Phi) is 5.51. The van der Waals surface area contributed by atoms with Gasteiger partial charge in [-0.3, -0.25) is 4.79 Å². The minimum Gasteiger partial charge on any atom is -0.375 e. The van der Waals surface area contributed by atoms with Crippen LogP contribution in [0.5, 0.6) is 0 Å². The summed E-state index contributed by atoms with van der Waals surface area (Å²) in [7, 11) is 0. The smallest absolute Gasteiger partial charge is 0.243 e. The third kappa shape index (κ3) is 4.37. The summed E-state index contributed by atoms with van der Waals surface area (Å²) in [5.74, 6) is -0.158. The maximum Gasteiger partial charge on any atom is 0.243 e. The highest BCUT2D eigenvalue weighted by Crippen LogP contribution is 2.35. The molecule has 21 heavy (non-hydrogen) atoms. The number of carbonyl (C=O) groups excluding carboxylic acids is 1. The molecule has 110 valence electrons. The highest BCUT2D eigenvalue weighted by molar-refractivity contribution is 9.10. The van der Waals surface area contributed by atoms with Crippen molar-refractivity contribution in [3.05, 3.63) is 56.5 Å². The van der Waals surface area contributed by atoms with Crippen LogP contribution in [0.4, 0.5) is 11.4 Å². The second-order valence-corrected chi connectivity index (χ2v) is 6.10. The first kappa shape index (κ1) is 16.1. The highest BCUT2D eigenvalue weighted by atomic mass is 79.9. The van der Waals surface area contributed by atoms with Crippen LogP contribution in [-0.4, -0.2) is 12.5 Å². The minimum atomic E-state index is -0.158. The number of hydrogen-bond donors (Lipinski definition) is 2. The fraction of sp³-hybridized carbons (Fsp3) is 0.133. The van der Waals surface area contributed by atoms with Crippen LogP contribution in [0, 0.1) is 6.92 Å². The van der Waals surface area contributed by atoms with Crippen LogP contribution in [0.1, 0.15) is 5.56 Å². The number of halogens is 3. The van der Waals surface area contributed by atoms with Crippen LogP contribution < -0.4 is 10.6 Å². The van der Waals surface area contributed by atoms with Crippen LogP contribution in [0.15, 0.2) is 40.9 Å². The van der Waals surface area contributed by atoms with E-state index in [1.807, 2.05) is 31.2 Å². The van der Waals surface area contributed by atoms with Gasteiger partial charge >= 0.3 is 0 Å². The molecule has 3 nitrogen and oxygen atoms in total. The predicted molar refractivity (Wildman–Crippen MR) is 92.5 cm³/mol. The minimum absolute atomic E-state index is 0.103. The Morgan fingerprint density at radius 2 is 1.76 bits per heavy atom. The topological polar surface area (TPSA) is 41.1 Å². The number of nitrogens with one attached hydrogen (secondary N) is 2. The molecule has 6 heteroatoms. The predicted octanol–water partition coefficient (Wildman–Crippen LogP) is 5.11. The number of anilines is 2. The second-order valence-electron chi connectivity index (χ2n) is 4.49. The van der Waals surface area contributed by atoms with Gasteiger partial charge in [0.25, 0.3) is 0 Å². The van der Waals surface area contributed by atoms with Crippen LogP contribution in [-0.2, 0) is 4.79 Å². The molecule has 0 spiro atoms. The zero-order chi connectivity index (χ0) is 15.4. The third-order valence-corrected chi connectivity index (χ3v) is 4.58. The molecule has 1 amide bonds. The highest BCUT2D eigenvalue weighted by Gasteiger charge is 2.09.